The van der Waals surface area contributed by atoms with Crippen LogP contribution in [0, 0.1) is 46.3 Å². The Labute approximate surface area is 258 Å². The molecule has 4 fully saturated rings. The molecule has 0 aromatic heterocycles. The first-order chi connectivity index (χ1) is 20.2. The number of nitrogens with one attached hydrogen (secondary N) is 3. The highest BCUT2D eigenvalue weighted by Gasteiger charge is 2.62. The Morgan fingerprint density at radius 1 is 0.810 bits per heavy atom. The molecular weight excluding hydrogens is 524 g/mol. The predicted molar refractivity (Wildman–Crippen MR) is 173 cm³/mol. The van der Waals surface area contributed by atoms with Gasteiger partial charge in [0, 0.05) is 13.2 Å². The molecule has 0 saturated heterocycles. The second-order valence-electron chi connectivity index (χ2n) is 15.4. The van der Waals surface area contributed by atoms with Crippen molar-refractivity contribution >= 4 is 0 Å². The topological polar surface area (TPSA) is 112 Å². The van der Waals surface area contributed by atoms with Gasteiger partial charge in [-0.1, -0.05) is 20.8 Å². The van der Waals surface area contributed by atoms with Crippen molar-refractivity contribution in [3.63, 3.8) is 0 Å². The molecule has 0 radical (unpaired) electrons. The van der Waals surface area contributed by atoms with Crippen LogP contribution in [0.5, 0.6) is 0 Å². The van der Waals surface area contributed by atoms with E-state index in [1.165, 1.54) is 57.8 Å². The molecule has 4 aliphatic rings. The molecule has 0 aromatic rings. The van der Waals surface area contributed by atoms with E-state index in [0.29, 0.717) is 29.2 Å². The Morgan fingerprint density at radius 3 is 2.19 bits per heavy atom. The molecule has 4 aliphatic carbocycles. The summed E-state index contributed by atoms with van der Waals surface area (Å²) in [5, 5.41) is 32.6. The number of aliphatic hydroxyl groups is 2. The minimum atomic E-state index is -0.630. The summed E-state index contributed by atoms with van der Waals surface area (Å²) < 4.78 is 5.12. The van der Waals surface area contributed by atoms with Gasteiger partial charge in [0.2, 0.25) is 0 Å². The molecule has 11 atom stereocenters. The van der Waals surface area contributed by atoms with Gasteiger partial charge in [0.05, 0.1) is 6.10 Å². The third-order valence-electron chi connectivity index (χ3n) is 13.1. The quantitative estimate of drug-likeness (QED) is 0.101. The van der Waals surface area contributed by atoms with Gasteiger partial charge in [-0.3, -0.25) is 0 Å². The van der Waals surface area contributed by atoms with Crippen molar-refractivity contribution < 1.29 is 14.9 Å². The van der Waals surface area contributed by atoms with Crippen LogP contribution in [0.15, 0.2) is 0 Å². The van der Waals surface area contributed by atoms with E-state index in [1.54, 1.807) is 7.11 Å². The van der Waals surface area contributed by atoms with Crippen LogP contribution in [-0.4, -0.2) is 75.0 Å². The predicted octanol–water partition coefficient (Wildman–Crippen LogP) is 4.65. The van der Waals surface area contributed by atoms with Gasteiger partial charge in [0.15, 0.2) is 6.29 Å². The summed E-state index contributed by atoms with van der Waals surface area (Å²) in [5.74, 6) is 3.99. The lowest BCUT2D eigenvalue weighted by molar-refractivity contribution is -0.163. The Bertz CT molecular complexity index is 787. The third-order valence-corrected chi connectivity index (χ3v) is 13.1. The van der Waals surface area contributed by atoms with Crippen LogP contribution in [0.25, 0.3) is 0 Å². The first kappa shape index (κ1) is 34.6. The average Bonchev–Trinajstić information content (AvgIpc) is 3.34. The van der Waals surface area contributed by atoms with E-state index in [2.05, 4.69) is 36.7 Å². The van der Waals surface area contributed by atoms with E-state index in [-0.39, 0.29) is 11.5 Å². The lowest BCUT2D eigenvalue weighted by atomic mass is 9.43. The van der Waals surface area contributed by atoms with Crippen LogP contribution in [0.2, 0.25) is 0 Å². The van der Waals surface area contributed by atoms with E-state index in [9.17, 15) is 10.2 Å². The van der Waals surface area contributed by atoms with Crippen molar-refractivity contribution in [1.82, 2.24) is 16.0 Å². The zero-order chi connectivity index (χ0) is 30.2. The molecule has 5 unspecified atom stereocenters. The maximum absolute atomic E-state index is 11.7. The fourth-order valence-corrected chi connectivity index (χ4v) is 10.7. The van der Waals surface area contributed by atoms with Gasteiger partial charge < -0.3 is 36.6 Å². The van der Waals surface area contributed by atoms with E-state index >= 15 is 0 Å². The number of nitrogens with two attached hydrogens (primary N) is 1. The monoisotopic (exact) mass is 593 g/mol. The number of aliphatic hydroxyl groups excluding tert-OH is 2. The van der Waals surface area contributed by atoms with Crippen molar-refractivity contribution in [2.45, 2.75) is 129 Å². The maximum atomic E-state index is 11.7. The highest BCUT2D eigenvalue weighted by Crippen LogP contribution is 2.68. The first-order valence-electron chi connectivity index (χ1n) is 18.0. The third kappa shape index (κ3) is 8.10. The van der Waals surface area contributed by atoms with Gasteiger partial charge in [-0.2, -0.15) is 0 Å². The molecule has 7 nitrogen and oxygen atoms in total. The zero-order valence-electron chi connectivity index (χ0n) is 27.7. The molecule has 0 amide bonds. The van der Waals surface area contributed by atoms with Crippen molar-refractivity contribution in [2.75, 3.05) is 46.4 Å². The highest BCUT2D eigenvalue weighted by molar-refractivity contribution is 5.11. The van der Waals surface area contributed by atoms with Crippen molar-refractivity contribution in [3.05, 3.63) is 0 Å². The van der Waals surface area contributed by atoms with Crippen molar-refractivity contribution in [3.8, 4) is 0 Å². The Balaban J connectivity index is 1.20. The number of hydrogen-bond donors (Lipinski definition) is 6. The molecular formula is C35H68N4O3. The van der Waals surface area contributed by atoms with E-state index in [0.717, 1.165) is 89.1 Å². The molecule has 7 heteroatoms. The molecule has 0 bridgehead atoms. The summed E-state index contributed by atoms with van der Waals surface area (Å²) >= 11 is 0. The van der Waals surface area contributed by atoms with Gasteiger partial charge in [-0.05, 0) is 175 Å². The number of fused-ring (bicyclic) bond motifs is 5. The number of ether oxygens (including phenoxy) is 1. The Kier molecular flexibility index (Phi) is 13.4. The molecule has 0 aromatic carbocycles. The molecule has 246 valence electrons. The normalized spacial score (nSPS) is 39.4. The Morgan fingerprint density at radius 2 is 1.48 bits per heavy atom. The lowest BCUT2D eigenvalue weighted by Gasteiger charge is -2.62. The largest absolute Gasteiger partial charge is 0.393 e. The number of rotatable bonds is 18. The van der Waals surface area contributed by atoms with Crippen molar-refractivity contribution in [2.24, 2.45) is 52.1 Å². The van der Waals surface area contributed by atoms with Crippen molar-refractivity contribution in [1.29, 1.82) is 0 Å². The summed E-state index contributed by atoms with van der Waals surface area (Å²) in [4.78, 5) is 0. The van der Waals surface area contributed by atoms with Gasteiger partial charge in [0.25, 0.3) is 0 Å². The van der Waals surface area contributed by atoms with E-state index in [1.807, 2.05) is 0 Å². The summed E-state index contributed by atoms with van der Waals surface area (Å²) in [5.41, 5.74) is 6.21. The second kappa shape index (κ2) is 16.3. The summed E-state index contributed by atoms with van der Waals surface area (Å²) in [7, 11) is 1.60. The number of hydrogen-bond acceptors (Lipinski definition) is 7. The SMILES string of the molecule is COC(O)CCC(C)[C@H]1CCC2C3C[C@@H](O)[C@H]4C[C@H](NCCCNCCCCNCCCN)CC[C@]4(C)C3CC[C@@]21C. The second-order valence-corrected chi connectivity index (χ2v) is 15.4. The zero-order valence-corrected chi connectivity index (χ0v) is 27.7. The number of unbranched alkanes of at least 4 members (excludes halogenated alkanes) is 1. The molecule has 4 rings (SSSR count). The van der Waals surface area contributed by atoms with Crippen LogP contribution < -0.4 is 21.7 Å². The lowest BCUT2D eigenvalue weighted by Crippen LogP contribution is -2.59. The van der Waals surface area contributed by atoms with Crippen LogP contribution in [0.1, 0.15) is 111 Å². The number of methoxy groups -OCH3 is 1. The summed E-state index contributed by atoms with van der Waals surface area (Å²) in [6.07, 6.45) is 15.7. The molecule has 7 N–H and O–H groups in total. The fourth-order valence-electron chi connectivity index (χ4n) is 10.7. The molecule has 0 spiro atoms. The molecule has 4 saturated carbocycles. The minimum absolute atomic E-state index is 0.150. The molecule has 0 aliphatic heterocycles. The van der Waals surface area contributed by atoms with Crippen LogP contribution in [0.4, 0.5) is 0 Å². The summed E-state index contributed by atoms with van der Waals surface area (Å²) in [6, 6.07) is 0.557. The van der Waals surface area contributed by atoms with Crippen LogP contribution in [-0.2, 0) is 4.74 Å². The fraction of sp³-hybridized carbons (Fsp3) is 1.00. The average molecular weight is 593 g/mol. The molecule has 0 heterocycles. The standard InChI is InChI=1S/C35H68N4O3/c1-25(9-12-33(41)42-4)28-10-11-29-27-24-32(40)31-23-26(13-15-35(31,3)30(27)14-16-34(28,29)2)39-22-8-21-38-19-6-5-18-37-20-7-17-36/h25-33,37-41H,5-24,36H2,1-4H3/t25?,26-,27?,28-,29?,30?,31-,32-,33?,34-,35-/m1/s1. The maximum Gasteiger partial charge on any atom is 0.154 e. The van der Waals surface area contributed by atoms with Crippen LogP contribution in [0.3, 0.4) is 0 Å². The molecule has 42 heavy (non-hydrogen) atoms. The van der Waals surface area contributed by atoms with Crippen LogP contribution >= 0.6 is 0 Å². The van der Waals surface area contributed by atoms with Gasteiger partial charge >= 0.3 is 0 Å². The van der Waals surface area contributed by atoms with Gasteiger partial charge in [0.1, 0.15) is 0 Å². The van der Waals surface area contributed by atoms with E-state index < -0.39 is 6.29 Å². The van der Waals surface area contributed by atoms with Gasteiger partial charge in [-0.15, -0.1) is 0 Å². The highest BCUT2D eigenvalue weighted by atomic mass is 16.6. The smallest absolute Gasteiger partial charge is 0.154 e. The Hall–Kier alpha value is -0.280. The van der Waals surface area contributed by atoms with E-state index in [4.69, 9.17) is 10.5 Å². The van der Waals surface area contributed by atoms with Gasteiger partial charge in [-0.25, -0.2) is 0 Å². The first-order valence-corrected chi connectivity index (χ1v) is 18.0. The minimum Gasteiger partial charge on any atom is -0.393 e. The summed E-state index contributed by atoms with van der Waals surface area (Å²) in [6.45, 7) is 13.7.